The van der Waals surface area contributed by atoms with Crippen LogP contribution in [0.1, 0.15) is 31.2 Å². The van der Waals surface area contributed by atoms with Gasteiger partial charge in [0.05, 0.1) is 18.1 Å². The summed E-state index contributed by atoms with van der Waals surface area (Å²) in [4.78, 5) is 27.6. The Morgan fingerprint density at radius 2 is 1.77 bits per heavy atom. The molecule has 30 heavy (non-hydrogen) atoms. The predicted octanol–water partition coefficient (Wildman–Crippen LogP) is 1.26. The third-order valence-electron chi connectivity index (χ3n) is 7.78. The van der Waals surface area contributed by atoms with Gasteiger partial charge in [-0.25, -0.2) is 12.7 Å². The molecule has 3 fully saturated rings. The smallest absolute Gasteiger partial charge is 0.227 e. The second-order valence-corrected chi connectivity index (χ2v) is 11.2. The Morgan fingerprint density at radius 3 is 2.37 bits per heavy atom. The molecule has 1 spiro atoms. The van der Waals surface area contributed by atoms with E-state index < -0.39 is 15.4 Å². The summed E-state index contributed by atoms with van der Waals surface area (Å²) in [7, 11) is -1.72. The Kier molecular flexibility index (Phi) is 5.43. The standard InChI is InChI=1S/C22H31N3O4S/c1-23-20(27)22-9-8-21(18(22)15-25(16-22)30(2,28)29)10-12-24(13-11-21)19(26)14-17-6-4-3-5-7-17/h3-7,18H,8-16H2,1-2H3,(H,23,27)/t18-,22+/m0/s1. The first-order chi connectivity index (χ1) is 14.2. The number of nitrogens with one attached hydrogen (secondary N) is 1. The first-order valence-corrected chi connectivity index (χ1v) is 12.5. The summed E-state index contributed by atoms with van der Waals surface area (Å²) in [5.74, 6) is 0.0972. The molecular formula is C22H31N3O4S. The molecule has 1 N–H and O–H groups in total. The third kappa shape index (κ3) is 3.54. The molecule has 1 aliphatic carbocycles. The molecule has 164 valence electrons. The van der Waals surface area contributed by atoms with E-state index in [1.54, 1.807) is 7.05 Å². The lowest BCUT2D eigenvalue weighted by atomic mass is 9.65. The Labute approximate surface area is 178 Å². The number of hydrogen-bond acceptors (Lipinski definition) is 4. The van der Waals surface area contributed by atoms with Crippen LogP contribution >= 0.6 is 0 Å². The average molecular weight is 434 g/mol. The number of hydrogen-bond donors (Lipinski definition) is 1. The van der Waals surface area contributed by atoms with Crippen molar-refractivity contribution in [3.8, 4) is 0 Å². The summed E-state index contributed by atoms with van der Waals surface area (Å²) in [6.45, 7) is 2.02. The highest BCUT2D eigenvalue weighted by molar-refractivity contribution is 7.88. The van der Waals surface area contributed by atoms with E-state index in [1.165, 1.54) is 10.6 Å². The number of fused-ring (bicyclic) bond motifs is 2. The lowest BCUT2D eigenvalue weighted by Gasteiger charge is -2.44. The van der Waals surface area contributed by atoms with Crippen molar-refractivity contribution in [3.05, 3.63) is 35.9 Å². The van der Waals surface area contributed by atoms with E-state index in [4.69, 9.17) is 0 Å². The third-order valence-corrected chi connectivity index (χ3v) is 8.99. The topological polar surface area (TPSA) is 86.8 Å². The molecule has 2 amide bonds. The normalized spacial score (nSPS) is 28.5. The van der Waals surface area contributed by atoms with Gasteiger partial charge in [-0.3, -0.25) is 9.59 Å². The molecule has 2 atom stereocenters. The number of piperidine rings is 1. The van der Waals surface area contributed by atoms with Crippen molar-refractivity contribution in [3.63, 3.8) is 0 Å². The molecule has 0 unspecified atom stereocenters. The fraction of sp³-hybridized carbons (Fsp3) is 0.636. The van der Waals surface area contributed by atoms with Gasteiger partial charge in [-0.2, -0.15) is 0 Å². The van der Waals surface area contributed by atoms with Gasteiger partial charge in [0.25, 0.3) is 0 Å². The Balaban J connectivity index is 1.49. The molecule has 1 aromatic carbocycles. The molecule has 0 aromatic heterocycles. The zero-order chi connectivity index (χ0) is 21.6. The van der Waals surface area contributed by atoms with E-state index in [-0.39, 0.29) is 29.7 Å². The summed E-state index contributed by atoms with van der Waals surface area (Å²) in [5, 5.41) is 2.79. The second kappa shape index (κ2) is 7.64. The van der Waals surface area contributed by atoms with Gasteiger partial charge in [0.15, 0.2) is 0 Å². The lowest BCUT2D eigenvalue weighted by molar-refractivity contribution is -0.136. The molecule has 2 saturated heterocycles. The van der Waals surface area contributed by atoms with Gasteiger partial charge in [-0.1, -0.05) is 30.3 Å². The number of nitrogens with zero attached hydrogens (tertiary/aromatic N) is 2. The molecular weight excluding hydrogens is 402 g/mol. The quantitative estimate of drug-likeness (QED) is 0.774. The van der Waals surface area contributed by atoms with Crippen molar-refractivity contribution in [1.82, 2.24) is 14.5 Å². The van der Waals surface area contributed by atoms with Gasteiger partial charge in [0.2, 0.25) is 21.8 Å². The first kappa shape index (κ1) is 21.3. The zero-order valence-electron chi connectivity index (χ0n) is 17.8. The van der Waals surface area contributed by atoms with Gasteiger partial charge in [0, 0.05) is 33.2 Å². The highest BCUT2D eigenvalue weighted by atomic mass is 32.2. The zero-order valence-corrected chi connectivity index (χ0v) is 18.6. The minimum atomic E-state index is -3.35. The highest BCUT2D eigenvalue weighted by Crippen LogP contribution is 2.62. The summed E-state index contributed by atoms with van der Waals surface area (Å²) < 4.78 is 26.0. The van der Waals surface area contributed by atoms with Crippen molar-refractivity contribution in [2.45, 2.75) is 32.1 Å². The van der Waals surface area contributed by atoms with Crippen molar-refractivity contribution >= 4 is 21.8 Å². The summed E-state index contributed by atoms with van der Waals surface area (Å²) in [6.07, 6.45) is 4.91. The minimum absolute atomic E-state index is 0.00560. The van der Waals surface area contributed by atoms with Crippen LogP contribution in [0.3, 0.4) is 0 Å². The molecule has 2 heterocycles. The number of rotatable bonds is 4. The maximum absolute atomic E-state index is 12.9. The van der Waals surface area contributed by atoms with Crippen LogP contribution in [0.2, 0.25) is 0 Å². The lowest BCUT2D eigenvalue weighted by Crippen LogP contribution is -2.49. The van der Waals surface area contributed by atoms with Crippen LogP contribution in [0.4, 0.5) is 0 Å². The van der Waals surface area contributed by atoms with Crippen LogP contribution in [0, 0.1) is 16.7 Å². The monoisotopic (exact) mass is 433 g/mol. The molecule has 7 nitrogen and oxygen atoms in total. The molecule has 1 aromatic rings. The molecule has 1 saturated carbocycles. The first-order valence-electron chi connectivity index (χ1n) is 10.7. The highest BCUT2D eigenvalue weighted by Gasteiger charge is 2.65. The number of likely N-dealkylation sites (tertiary alicyclic amines) is 1. The second-order valence-electron chi connectivity index (χ2n) is 9.25. The van der Waals surface area contributed by atoms with Gasteiger partial charge >= 0.3 is 0 Å². The van der Waals surface area contributed by atoms with E-state index in [0.717, 1.165) is 24.8 Å². The average Bonchev–Trinajstić information content (AvgIpc) is 3.26. The number of carbonyl (C=O) groups is 2. The molecule has 4 rings (SSSR count). The van der Waals surface area contributed by atoms with E-state index in [0.29, 0.717) is 32.5 Å². The maximum Gasteiger partial charge on any atom is 0.227 e. The minimum Gasteiger partial charge on any atom is -0.359 e. The van der Waals surface area contributed by atoms with Gasteiger partial charge in [-0.05, 0) is 42.6 Å². The Morgan fingerprint density at radius 1 is 1.10 bits per heavy atom. The Bertz CT molecular complexity index is 925. The number of benzene rings is 1. The summed E-state index contributed by atoms with van der Waals surface area (Å²) >= 11 is 0. The fourth-order valence-corrected chi connectivity index (χ4v) is 6.96. The summed E-state index contributed by atoms with van der Waals surface area (Å²) in [6, 6.07) is 9.77. The van der Waals surface area contributed by atoms with Crippen LogP contribution < -0.4 is 5.32 Å². The van der Waals surface area contributed by atoms with Gasteiger partial charge < -0.3 is 10.2 Å². The van der Waals surface area contributed by atoms with Gasteiger partial charge in [-0.15, -0.1) is 0 Å². The largest absolute Gasteiger partial charge is 0.359 e. The van der Waals surface area contributed by atoms with E-state index in [9.17, 15) is 18.0 Å². The van der Waals surface area contributed by atoms with Crippen molar-refractivity contribution in [1.29, 1.82) is 0 Å². The van der Waals surface area contributed by atoms with Crippen molar-refractivity contribution in [2.24, 2.45) is 16.7 Å². The SMILES string of the molecule is CNC(=O)[C@@]12CCC3(CCN(C(=O)Cc4ccccc4)CC3)[C@@H]1CN(S(C)(=O)=O)C2. The fourth-order valence-electron chi connectivity index (χ4n) is 6.07. The molecule has 0 bridgehead atoms. The number of carbonyl (C=O) groups excluding carboxylic acids is 2. The Hall–Kier alpha value is -1.93. The van der Waals surface area contributed by atoms with Crippen molar-refractivity contribution in [2.75, 3.05) is 39.5 Å². The van der Waals surface area contributed by atoms with Crippen LogP contribution in [0.15, 0.2) is 30.3 Å². The van der Waals surface area contributed by atoms with Crippen molar-refractivity contribution < 1.29 is 18.0 Å². The van der Waals surface area contributed by atoms with E-state index >= 15 is 0 Å². The maximum atomic E-state index is 12.9. The van der Waals surface area contributed by atoms with Crippen LogP contribution in [-0.2, 0) is 26.0 Å². The molecule has 3 aliphatic rings. The molecule has 2 aliphatic heterocycles. The predicted molar refractivity (Wildman–Crippen MR) is 114 cm³/mol. The van der Waals surface area contributed by atoms with Crippen LogP contribution in [0.5, 0.6) is 0 Å². The van der Waals surface area contributed by atoms with Crippen LogP contribution in [-0.4, -0.2) is 68.9 Å². The van der Waals surface area contributed by atoms with Gasteiger partial charge in [0.1, 0.15) is 0 Å². The molecule has 8 heteroatoms. The molecule has 0 radical (unpaired) electrons. The van der Waals surface area contributed by atoms with E-state index in [1.807, 2.05) is 35.2 Å². The number of sulfonamides is 1. The number of amides is 2. The van der Waals surface area contributed by atoms with E-state index in [2.05, 4.69) is 5.32 Å². The van der Waals surface area contributed by atoms with Crippen LogP contribution in [0.25, 0.3) is 0 Å². The summed E-state index contributed by atoms with van der Waals surface area (Å²) in [5.41, 5.74) is 0.297.